The largest absolute Gasteiger partial charge is 0.462 e. The fourth-order valence-corrected chi connectivity index (χ4v) is 2.71. The Balaban J connectivity index is 1.98. The second-order valence-electron chi connectivity index (χ2n) is 5.72. The summed E-state index contributed by atoms with van der Waals surface area (Å²) in [5, 5.41) is 14.4. The number of carbonyl (C=O) groups is 1. The SMILES string of the molecule is CCOC(=O)c1cnc2ccccc2c1NCC1(O)CCC1. The van der Waals surface area contributed by atoms with E-state index in [9.17, 15) is 9.90 Å². The lowest BCUT2D eigenvalue weighted by atomic mass is 9.80. The van der Waals surface area contributed by atoms with Gasteiger partial charge in [0, 0.05) is 18.1 Å². The van der Waals surface area contributed by atoms with Crippen LogP contribution < -0.4 is 5.32 Å². The summed E-state index contributed by atoms with van der Waals surface area (Å²) in [6.45, 7) is 2.51. The molecule has 5 nitrogen and oxygen atoms in total. The van der Waals surface area contributed by atoms with Gasteiger partial charge in [-0.15, -0.1) is 0 Å². The number of hydrogen-bond donors (Lipinski definition) is 2. The van der Waals surface area contributed by atoms with Crippen molar-refractivity contribution in [2.24, 2.45) is 0 Å². The van der Waals surface area contributed by atoms with Crippen LogP contribution in [-0.2, 0) is 4.74 Å². The van der Waals surface area contributed by atoms with Gasteiger partial charge in [-0.05, 0) is 32.3 Å². The van der Waals surface area contributed by atoms with Crippen molar-refractivity contribution in [3.05, 3.63) is 36.0 Å². The van der Waals surface area contributed by atoms with Gasteiger partial charge in [0.1, 0.15) is 5.56 Å². The van der Waals surface area contributed by atoms with E-state index in [1.54, 1.807) is 6.92 Å². The number of nitrogens with one attached hydrogen (secondary N) is 1. The first kappa shape index (κ1) is 14.8. The van der Waals surface area contributed by atoms with E-state index in [2.05, 4.69) is 10.3 Å². The Labute approximate surface area is 129 Å². The van der Waals surface area contributed by atoms with E-state index in [-0.39, 0.29) is 0 Å². The molecule has 1 aromatic heterocycles. The number of anilines is 1. The van der Waals surface area contributed by atoms with Gasteiger partial charge >= 0.3 is 5.97 Å². The highest BCUT2D eigenvalue weighted by Crippen LogP contribution is 2.33. The lowest BCUT2D eigenvalue weighted by Gasteiger charge is -2.37. The summed E-state index contributed by atoms with van der Waals surface area (Å²) in [4.78, 5) is 16.5. The van der Waals surface area contributed by atoms with Gasteiger partial charge < -0.3 is 15.2 Å². The van der Waals surface area contributed by atoms with E-state index in [0.717, 1.165) is 30.2 Å². The van der Waals surface area contributed by atoms with Crippen molar-refractivity contribution >= 4 is 22.6 Å². The molecule has 1 aliphatic carbocycles. The molecule has 5 heteroatoms. The standard InChI is InChI=1S/C17H20N2O3/c1-2-22-16(20)13-10-18-14-7-4-3-6-12(14)15(13)19-11-17(21)8-5-9-17/h3-4,6-7,10,21H,2,5,8-9,11H2,1H3,(H,18,19). The quantitative estimate of drug-likeness (QED) is 0.831. The Hall–Kier alpha value is -2.14. The van der Waals surface area contributed by atoms with Crippen molar-refractivity contribution in [3.8, 4) is 0 Å². The van der Waals surface area contributed by atoms with Gasteiger partial charge in [-0.25, -0.2) is 4.79 Å². The van der Waals surface area contributed by atoms with E-state index in [1.165, 1.54) is 6.20 Å². The molecule has 1 heterocycles. The number of pyridine rings is 1. The van der Waals surface area contributed by atoms with Crippen LogP contribution in [0.2, 0.25) is 0 Å². The normalized spacial score (nSPS) is 16.1. The molecule has 0 aliphatic heterocycles. The van der Waals surface area contributed by atoms with E-state index >= 15 is 0 Å². The van der Waals surface area contributed by atoms with Gasteiger partial charge in [-0.3, -0.25) is 4.98 Å². The van der Waals surface area contributed by atoms with Crippen molar-refractivity contribution in [2.45, 2.75) is 31.8 Å². The molecule has 0 spiro atoms. The fraction of sp³-hybridized carbons (Fsp3) is 0.412. The van der Waals surface area contributed by atoms with E-state index in [4.69, 9.17) is 4.74 Å². The fourth-order valence-electron chi connectivity index (χ4n) is 2.71. The van der Waals surface area contributed by atoms with Crippen LogP contribution in [0, 0.1) is 0 Å². The predicted molar refractivity (Wildman–Crippen MR) is 85.0 cm³/mol. The van der Waals surface area contributed by atoms with Crippen molar-refractivity contribution in [1.29, 1.82) is 0 Å². The number of nitrogens with zero attached hydrogens (tertiary/aromatic N) is 1. The minimum absolute atomic E-state index is 0.315. The molecule has 3 rings (SSSR count). The molecule has 0 radical (unpaired) electrons. The zero-order valence-corrected chi connectivity index (χ0v) is 12.6. The number of para-hydroxylation sites is 1. The summed E-state index contributed by atoms with van der Waals surface area (Å²) >= 11 is 0. The topological polar surface area (TPSA) is 71.5 Å². The molecule has 0 saturated heterocycles. The lowest BCUT2D eigenvalue weighted by molar-refractivity contribution is -0.0202. The van der Waals surface area contributed by atoms with Crippen LogP contribution in [0.4, 0.5) is 5.69 Å². The van der Waals surface area contributed by atoms with Crippen LogP contribution in [0.1, 0.15) is 36.5 Å². The second kappa shape index (κ2) is 5.93. The van der Waals surface area contributed by atoms with E-state index < -0.39 is 11.6 Å². The van der Waals surface area contributed by atoms with Crippen molar-refractivity contribution < 1.29 is 14.6 Å². The summed E-state index contributed by atoms with van der Waals surface area (Å²) in [5.41, 5.74) is 1.22. The Morgan fingerprint density at radius 1 is 1.41 bits per heavy atom. The number of benzene rings is 1. The number of carbonyl (C=O) groups excluding carboxylic acids is 1. The minimum atomic E-state index is -0.670. The third-order valence-corrected chi connectivity index (χ3v) is 4.15. The third-order valence-electron chi connectivity index (χ3n) is 4.15. The maximum atomic E-state index is 12.2. The van der Waals surface area contributed by atoms with Gasteiger partial charge in [-0.1, -0.05) is 18.2 Å². The first-order valence-corrected chi connectivity index (χ1v) is 7.64. The molecule has 0 amide bonds. The Kier molecular flexibility index (Phi) is 3.98. The maximum Gasteiger partial charge on any atom is 0.341 e. The average Bonchev–Trinajstić information content (AvgIpc) is 2.50. The Morgan fingerprint density at radius 2 is 2.18 bits per heavy atom. The number of hydrogen-bond acceptors (Lipinski definition) is 5. The Morgan fingerprint density at radius 3 is 2.86 bits per heavy atom. The van der Waals surface area contributed by atoms with E-state index in [1.807, 2.05) is 24.3 Å². The smallest absolute Gasteiger partial charge is 0.341 e. The summed E-state index contributed by atoms with van der Waals surface area (Å²) in [6.07, 6.45) is 4.16. The van der Waals surface area contributed by atoms with E-state index in [0.29, 0.717) is 24.4 Å². The lowest BCUT2D eigenvalue weighted by Crippen LogP contribution is -2.43. The van der Waals surface area contributed by atoms with Crippen molar-refractivity contribution in [2.75, 3.05) is 18.5 Å². The monoisotopic (exact) mass is 300 g/mol. The van der Waals surface area contributed by atoms with Gasteiger partial charge in [0.05, 0.1) is 23.4 Å². The van der Waals surface area contributed by atoms with Gasteiger partial charge in [0.2, 0.25) is 0 Å². The van der Waals surface area contributed by atoms with Crippen LogP contribution in [0.15, 0.2) is 30.5 Å². The molecule has 1 saturated carbocycles. The van der Waals surface area contributed by atoms with Crippen LogP contribution >= 0.6 is 0 Å². The number of rotatable bonds is 5. The van der Waals surface area contributed by atoms with Crippen molar-refractivity contribution in [1.82, 2.24) is 4.98 Å². The first-order valence-electron chi connectivity index (χ1n) is 7.64. The Bertz CT molecular complexity index is 695. The van der Waals surface area contributed by atoms with Gasteiger partial charge in [0.15, 0.2) is 0 Å². The molecule has 0 unspecified atom stereocenters. The van der Waals surface area contributed by atoms with Crippen LogP contribution in [-0.4, -0.2) is 34.8 Å². The third kappa shape index (κ3) is 2.76. The molecular weight excluding hydrogens is 280 g/mol. The van der Waals surface area contributed by atoms with Gasteiger partial charge in [0.25, 0.3) is 0 Å². The number of aromatic nitrogens is 1. The average molecular weight is 300 g/mol. The highest BCUT2D eigenvalue weighted by atomic mass is 16.5. The summed E-state index contributed by atoms with van der Waals surface area (Å²) < 4.78 is 5.11. The van der Waals surface area contributed by atoms with Crippen LogP contribution in [0.3, 0.4) is 0 Å². The molecule has 1 fully saturated rings. The number of fused-ring (bicyclic) bond motifs is 1. The molecule has 0 atom stereocenters. The molecular formula is C17H20N2O3. The number of aliphatic hydroxyl groups is 1. The molecule has 2 N–H and O–H groups in total. The molecule has 2 aromatic rings. The van der Waals surface area contributed by atoms with Crippen molar-refractivity contribution in [3.63, 3.8) is 0 Å². The molecule has 1 aliphatic rings. The molecule has 0 bridgehead atoms. The molecule has 22 heavy (non-hydrogen) atoms. The highest BCUT2D eigenvalue weighted by molar-refractivity contribution is 6.04. The zero-order chi connectivity index (χ0) is 15.6. The summed E-state index contributed by atoms with van der Waals surface area (Å²) in [7, 11) is 0. The first-order chi connectivity index (χ1) is 10.6. The minimum Gasteiger partial charge on any atom is -0.462 e. The second-order valence-corrected chi connectivity index (χ2v) is 5.72. The van der Waals surface area contributed by atoms with Crippen LogP contribution in [0.5, 0.6) is 0 Å². The van der Waals surface area contributed by atoms with Gasteiger partial charge in [-0.2, -0.15) is 0 Å². The molecule has 1 aromatic carbocycles. The summed E-state index contributed by atoms with van der Waals surface area (Å²) in [5.74, 6) is -0.399. The predicted octanol–water partition coefficient (Wildman–Crippen LogP) is 2.74. The zero-order valence-electron chi connectivity index (χ0n) is 12.6. The number of esters is 1. The maximum absolute atomic E-state index is 12.2. The summed E-state index contributed by atoms with van der Waals surface area (Å²) in [6, 6.07) is 7.62. The van der Waals surface area contributed by atoms with Crippen LogP contribution in [0.25, 0.3) is 10.9 Å². The molecule has 116 valence electrons. The number of ether oxygens (including phenoxy) is 1. The highest BCUT2D eigenvalue weighted by Gasteiger charge is 2.34.